The van der Waals surface area contributed by atoms with Gasteiger partial charge in [0, 0.05) is 12.7 Å². The molecule has 6 nitrogen and oxygen atoms in total. The molecular weight excluding hydrogens is 310 g/mol. The lowest BCUT2D eigenvalue weighted by molar-refractivity contribution is 0.375. The quantitative estimate of drug-likeness (QED) is 0.810. The highest BCUT2D eigenvalue weighted by Crippen LogP contribution is 2.20. The van der Waals surface area contributed by atoms with Crippen LogP contribution in [0.2, 0.25) is 0 Å². The van der Waals surface area contributed by atoms with Crippen LogP contribution in [0.15, 0.2) is 46.0 Å². The van der Waals surface area contributed by atoms with Gasteiger partial charge in [-0.15, -0.1) is 0 Å². The predicted octanol–water partition coefficient (Wildman–Crippen LogP) is 1.52. The number of thiocarbonyl (C=S) groups is 1. The second-order valence-corrected chi connectivity index (χ2v) is 6.57. The Morgan fingerprint density at radius 1 is 1.43 bits per heavy atom. The molecule has 0 radical (unpaired) electrons. The Morgan fingerprint density at radius 3 is 2.76 bits per heavy atom. The molecule has 0 saturated carbocycles. The van der Waals surface area contributed by atoms with Gasteiger partial charge in [0.1, 0.15) is 21.3 Å². The third-order valence-corrected chi connectivity index (χ3v) is 5.03. The van der Waals surface area contributed by atoms with Crippen molar-refractivity contribution in [2.75, 3.05) is 6.54 Å². The number of hydrogen-bond acceptors (Lipinski definition) is 5. The van der Waals surface area contributed by atoms with E-state index in [0.717, 1.165) is 0 Å². The summed E-state index contributed by atoms with van der Waals surface area (Å²) in [7, 11) is -3.76. The first-order valence-corrected chi connectivity index (χ1v) is 8.09. The van der Waals surface area contributed by atoms with Crippen LogP contribution in [-0.2, 0) is 16.6 Å². The first-order valence-electron chi connectivity index (χ1n) is 6.24. The smallest absolute Gasteiger partial charge is 0.245 e. The molecule has 0 aromatic carbocycles. The van der Waals surface area contributed by atoms with Crippen molar-refractivity contribution in [3.05, 3.63) is 48.2 Å². The maximum Gasteiger partial charge on any atom is 0.245 e. The Hall–Kier alpha value is -1.77. The minimum Gasteiger partial charge on any atom is -0.468 e. The van der Waals surface area contributed by atoms with E-state index >= 15 is 0 Å². The summed E-state index contributed by atoms with van der Waals surface area (Å²) in [6, 6.07) is 6.41. The SMILES string of the molecule is CCN(Cc1ccco1)S(=O)(=O)c1cccnc1C(N)=S. The van der Waals surface area contributed by atoms with Crippen LogP contribution < -0.4 is 5.73 Å². The Labute approximate surface area is 128 Å². The van der Waals surface area contributed by atoms with Crippen molar-refractivity contribution in [1.82, 2.24) is 9.29 Å². The van der Waals surface area contributed by atoms with Crippen molar-refractivity contribution >= 4 is 27.2 Å². The molecule has 0 saturated heterocycles. The molecule has 0 aliphatic rings. The first-order chi connectivity index (χ1) is 9.96. The normalized spacial score (nSPS) is 11.7. The van der Waals surface area contributed by atoms with Gasteiger partial charge in [0.15, 0.2) is 0 Å². The number of sulfonamides is 1. The first kappa shape index (κ1) is 15.6. The van der Waals surface area contributed by atoms with E-state index in [1.54, 1.807) is 19.1 Å². The van der Waals surface area contributed by atoms with Crippen LogP contribution in [-0.4, -0.2) is 29.2 Å². The summed E-state index contributed by atoms with van der Waals surface area (Å²) >= 11 is 4.87. The van der Waals surface area contributed by atoms with E-state index in [1.165, 1.54) is 28.9 Å². The molecule has 0 atom stereocenters. The van der Waals surface area contributed by atoms with Crippen LogP contribution in [0.1, 0.15) is 18.4 Å². The molecule has 0 spiro atoms. The summed E-state index contributed by atoms with van der Waals surface area (Å²) in [6.45, 7) is 2.17. The molecule has 0 amide bonds. The monoisotopic (exact) mass is 325 g/mol. The van der Waals surface area contributed by atoms with E-state index < -0.39 is 10.0 Å². The van der Waals surface area contributed by atoms with Gasteiger partial charge >= 0.3 is 0 Å². The van der Waals surface area contributed by atoms with Gasteiger partial charge in [0.05, 0.1) is 12.8 Å². The fourth-order valence-electron chi connectivity index (χ4n) is 1.87. The summed E-state index contributed by atoms with van der Waals surface area (Å²) in [4.78, 5) is 3.92. The van der Waals surface area contributed by atoms with Crippen molar-refractivity contribution in [1.29, 1.82) is 0 Å². The topological polar surface area (TPSA) is 89.4 Å². The number of pyridine rings is 1. The molecule has 2 aromatic heterocycles. The highest BCUT2D eigenvalue weighted by atomic mass is 32.2. The van der Waals surface area contributed by atoms with Gasteiger partial charge in [-0.2, -0.15) is 4.31 Å². The minimum absolute atomic E-state index is 0.00547. The molecule has 2 N–H and O–H groups in total. The van der Waals surface area contributed by atoms with E-state index in [9.17, 15) is 8.42 Å². The van der Waals surface area contributed by atoms with E-state index in [-0.39, 0.29) is 28.7 Å². The fourth-order valence-corrected chi connectivity index (χ4v) is 3.67. The van der Waals surface area contributed by atoms with Crippen molar-refractivity contribution in [3.63, 3.8) is 0 Å². The molecule has 112 valence electrons. The van der Waals surface area contributed by atoms with Crippen LogP contribution in [0.4, 0.5) is 0 Å². The zero-order valence-corrected chi connectivity index (χ0v) is 13.0. The summed E-state index contributed by atoms with van der Waals surface area (Å²) < 4.78 is 32.0. The van der Waals surface area contributed by atoms with Crippen molar-refractivity contribution in [3.8, 4) is 0 Å². The molecule has 21 heavy (non-hydrogen) atoms. The van der Waals surface area contributed by atoms with Gasteiger partial charge in [-0.3, -0.25) is 4.98 Å². The molecule has 2 rings (SSSR count). The fraction of sp³-hybridized carbons (Fsp3) is 0.231. The van der Waals surface area contributed by atoms with Crippen LogP contribution >= 0.6 is 12.2 Å². The van der Waals surface area contributed by atoms with Gasteiger partial charge in [-0.05, 0) is 24.3 Å². The van der Waals surface area contributed by atoms with Crippen LogP contribution in [0.5, 0.6) is 0 Å². The largest absolute Gasteiger partial charge is 0.468 e. The van der Waals surface area contributed by atoms with E-state index in [2.05, 4.69) is 4.98 Å². The maximum atomic E-state index is 12.7. The lowest BCUT2D eigenvalue weighted by Crippen LogP contribution is -2.32. The molecule has 0 aliphatic heterocycles. The Kier molecular flexibility index (Phi) is 4.71. The number of aromatic nitrogens is 1. The van der Waals surface area contributed by atoms with Gasteiger partial charge in [-0.1, -0.05) is 19.1 Å². The summed E-state index contributed by atoms with van der Waals surface area (Å²) in [5.74, 6) is 0.557. The second-order valence-electron chi connectivity index (χ2n) is 4.22. The van der Waals surface area contributed by atoms with Gasteiger partial charge < -0.3 is 10.2 Å². The predicted molar refractivity (Wildman–Crippen MR) is 82.1 cm³/mol. The average Bonchev–Trinajstić information content (AvgIpc) is 2.97. The molecule has 0 fully saturated rings. The highest BCUT2D eigenvalue weighted by Gasteiger charge is 2.27. The van der Waals surface area contributed by atoms with E-state index in [0.29, 0.717) is 5.76 Å². The van der Waals surface area contributed by atoms with Crippen molar-refractivity contribution in [2.45, 2.75) is 18.4 Å². The number of rotatable bonds is 6. The molecule has 0 unspecified atom stereocenters. The molecule has 0 aliphatic carbocycles. The molecule has 2 heterocycles. The average molecular weight is 325 g/mol. The number of furan rings is 1. The maximum absolute atomic E-state index is 12.7. The van der Waals surface area contributed by atoms with Crippen molar-refractivity contribution < 1.29 is 12.8 Å². The number of nitrogens with two attached hydrogens (primary N) is 1. The highest BCUT2D eigenvalue weighted by molar-refractivity contribution is 7.89. The summed E-state index contributed by atoms with van der Waals surface area (Å²) in [5, 5.41) is 0. The number of nitrogens with zero attached hydrogens (tertiary/aromatic N) is 2. The van der Waals surface area contributed by atoms with Gasteiger partial charge in [0.25, 0.3) is 0 Å². The van der Waals surface area contributed by atoms with Crippen LogP contribution in [0.3, 0.4) is 0 Å². The lowest BCUT2D eigenvalue weighted by Gasteiger charge is -2.20. The second kappa shape index (κ2) is 6.33. The van der Waals surface area contributed by atoms with Crippen LogP contribution in [0, 0.1) is 0 Å². The van der Waals surface area contributed by atoms with Gasteiger partial charge in [0.2, 0.25) is 10.0 Å². The molecule has 8 heteroatoms. The number of hydrogen-bond donors (Lipinski definition) is 1. The molecule has 2 aromatic rings. The third-order valence-electron chi connectivity index (χ3n) is 2.89. The lowest BCUT2D eigenvalue weighted by atomic mass is 10.3. The van der Waals surface area contributed by atoms with E-state index in [4.69, 9.17) is 22.4 Å². The van der Waals surface area contributed by atoms with Crippen LogP contribution in [0.25, 0.3) is 0 Å². The summed E-state index contributed by atoms with van der Waals surface area (Å²) in [6.07, 6.45) is 2.95. The molecular formula is C13H15N3O3S2. The standard InChI is InChI=1S/C13H15N3O3S2/c1-2-16(9-10-5-4-8-19-10)21(17,18)11-6-3-7-15-12(11)13(14)20/h3-8H,2,9H2,1H3,(H2,14,20). The Balaban J connectivity index is 2.42. The molecule has 0 bridgehead atoms. The third kappa shape index (κ3) is 3.29. The van der Waals surface area contributed by atoms with Crippen molar-refractivity contribution in [2.24, 2.45) is 5.73 Å². The van der Waals surface area contributed by atoms with Gasteiger partial charge in [-0.25, -0.2) is 8.42 Å². The Bertz CT molecular complexity index is 727. The zero-order chi connectivity index (χ0) is 15.5. The zero-order valence-electron chi connectivity index (χ0n) is 11.4. The summed E-state index contributed by atoms with van der Waals surface area (Å²) in [5.41, 5.74) is 5.66. The minimum atomic E-state index is -3.76. The van der Waals surface area contributed by atoms with E-state index in [1.807, 2.05) is 0 Å². The Morgan fingerprint density at radius 2 is 2.19 bits per heavy atom.